The number of hydrogen-bond acceptors (Lipinski definition) is 4. The third kappa shape index (κ3) is 4.78. The molecule has 0 radical (unpaired) electrons. The van der Waals surface area contributed by atoms with Crippen LogP contribution in [0.2, 0.25) is 0 Å². The highest BCUT2D eigenvalue weighted by Crippen LogP contribution is 2.38. The van der Waals surface area contributed by atoms with Gasteiger partial charge in [-0.15, -0.1) is 0 Å². The Kier molecular flexibility index (Phi) is 6.42. The molecule has 2 aromatic carbocycles. The third-order valence-corrected chi connectivity index (χ3v) is 9.07. The smallest absolute Gasteiger partial charge is 0.123 e. The van der Waals surface area contributed by atoms with E-state index in [1.165, 1.54) is 80.7 Å². The van der Waals surface area contributed by atoms with Gasteiger partial charge in [-0.05, 0) is 92.1 Å². The van der Waals surface area contributed by atoms with E-state index in [9.17, 15) is 4.39 Å². The monoisotopic (exact) mass is 474 g/mol. The highest BCUT2D eigenvalue weighted by atomic mass is 19.1. The number of nitrogens with zero attached hydrogens (tertiary/aromatic N) is 3. The van der Waals surface area contributed by atoms with Crippen LogP contribution in [0.15, 0.2) is 42.5 Å². The molecule has 2 saturated heterocycles. The molecular formula is C30H39FN4. The summed E-state index contributed by atoms with van der Waals surface area (Å²) in [6.07, 6.45) is 9.57. The van der Waals surface area contributed by atoms with Crippen LogP contribution >= 0.6 is 0 Å². The second-order valence-corrected chi connectivity index (χ2v) is 11.3. The first-order valence-corrected chi connectivity index (χ1v) is 13.6. The van der Waals surface area contributed by atoms with Crippen LogP contribution < -0.4 is 10.2 Å². The standard InChI is InChI=1S/C30H39FN4/c1-33-14-16-35(17-15-33)30(10-3-11-30)22-32-28-8-12-34(13-9-28)29-5-2-4-23(21-29)25-18-24-6-7-27(31)20-26(24)19-25/h2,4-7,19-21,28,32H,3,8-18,22H2,1H3. The van der Waals surface area contributed by atoms with E-state index in [1.54, 1.807) is 12.1 Å². The van der Waals surface area contributed by atoms with Gasteiger partial charge in [0.25, 0.3) is 0 Å². The van der Waals surface area contributed by atoms with E-state index >= 15 is 0 Å². The molecule has 6 rings (SSSR count). The molecule has 0 unspecified atom stereocenters. The molecule has 2 aliphatic carbocycles. The fraction of sp³-hybridized carbons (Fsp3) is 0.533. The zero-order valence-electron chi connectivity index (χ0n) is 21.1. The molecule has 1 saturated carbocycles. The van der Waals surface area contributed by atoms with Crippen LogP contribution in [0.5, 0.6) is 0 Å². The van der Waals surface area contributed by atoms with Crippen molar-refractivity contribution in [2.24, 2.45) is 0 Å². The second kappa shape index (κ2) is 9.68. The Morgan fingerprint density at radius 3 is 2.51 bits per heavy atom. The van der Waals surface area contributed by atoms with Crippen LogP contribution in [0.25, 0.3) is 11.6 Å². The predicted molar refractivity (Wildman–Crippen MR) is 143 cm³/mol. The Hall–Kier alpha value is -2.21. The van der Waals surface area contributed by atoms with Crippen molar-refractivity contribution in [1.82, 2.24) is 15.1 Å². The Morgan fingerprint density at radius 2 is 1.77 bits per heavy atom. The van der Waals surface area contributed by atoms with E-state index in [1.807, 2.05) is 6.07 Å². The molecule has 186 valence electrons. The molecule has 2 aromatic rings. The van der Waals surface area contributed by atoms with Crippen molar-refractivity contribution >= 4 is 17.3 Å². The molecule has 0 atom stereocenters. The maximum atomic E-state index is 13.6. The molecular weight excluding hydrogens is 435 g/mol. The summed E-state index contributed by atoms with van der Waals surface area (Å²) in [6, 6.07) is 14.7. The fourth-order valence-corrected chi connectivity index (χ4v) is 6.54. The van der Waals surface area contributed by atoms with Crippen LogP contribution in [0.4, 0.5) is 10.1 Å². The first kappa shape index (κ1) is 23.2. The largest absolute Gasteiger partial charge is 0.371 e. The number of likely N-dealkylation sites (N-methyl/N-ethyl adjacent to an activating group) is 1. The van der Waals surface area contributed by atoms with Crippen LogP contribution in [0, 0.1) is 5.82 Å². The summed E-state index contributed by atoms with van der Waals surface area (Å²) in [5, 5.41) is 3.99. The van der Waals surface area contributed by atoms with E-state index in [0.717, 1.165) is 31.6 Å². The Labute approximate surface area is 209 Å². The number of nitrogens with one attached hydrogen (secondary N) is 1. The van der Waals surface area contributed by atoms with Crippen LogP contribution in [0.3, 0.4) is 0 Å². The summed E-state index contributed by atoms with van der Waals surface area (Å²) in [5.41, 5.74) is 6.54. The lowest BCUT2D eigenvalue weighted by Gasteiger charge is -2.53. The molecule has 2 aliphatic heterocycles. The van der Waals surface area contributed by atoms with Gasteiger partial charge in [-0.2, -0.15) is 0 Å². The van der Waals surface area contributed by atoms with E-state index in [0.29, 0.717) is 11.6 Å². The molecule has 4 aliphatic rings. The number of hydrogen-bond donors (Lipinski definition) is 1. The fourth-order valence-electron chi connectivity index (χ4n) is 6.54. The van der Waals surface area contributed by atoms with Crippen molar-refractivity contribution in [2.45, 2.75) is 50.1 Å². The summed E-state index contributed by atoms with van der Waals surface area (Å²) < 4.78 is 13.6. The quantitative estimate of drug-likeness (QED) is 0.658. The lowest BCUT2D eigenvalue weighted by atomic mass is 9.74. The maximum Gasteiger partial charge on any atom is 0.123 e. The van der Waals surface area contributed by atoms with Crippen LogP contribution in [0.1, 0.15) is 48.8 Å². The zero-order chi connectivity index (χ0) is 23.8. The number of allylic oxidation sites excluding steroid dienone is 1. The van der Waals surface area contributed by atoms with Gasteiger partial charge in [0, 0.05) is 63.1 Å². The summed E-state index contributed by atoms with van der Waals surface area (Å²) >= 11 is 0. The first-order chi connectivity index (χ1) is 17.1. The van der Waals surface area contributed by atoms with Gasteiger partial charge in [0.05, 0.1) is 0 Å². The van der Waals surface area contributed by atoms with Crippen molar-refractivity contribution in [3.8, 4) is 0 Å². The number of halogens is 1. The van der Waals surface area contributed by atoms with Gasteiger partial charge in [-0.25, -0.2) is 4.39 Å². The minimum absolute atomic E-state index is 0.154. The SMILES string of the molecule is CN1CCN(C2(CNC3CCN(c4cccc(C5=Cc6cc(F)ccc6C5)c4)CC3)CCC2)CC1. The maximum absolute atomic E-state index is 13.6. The lowest BCUT2D eigenvalue weighted by molar-refractivity contribution is -0.0151. The van der Waals surface area contributed by atoms with Crippen LogP contribution in [-0.4, -0.2) is 74.2 Å². The Balaban J connectivity index is 1.04. The summed E-state index contributed by atoms with van der Waals surface area (Å²) in [5.74, 6) is -0.154. The molecule has 2 heterocycles. The number of rotatable bonds is 6. The molecule has 0 spiro atoms. The van der Waals surface area contributed by atoms with Crippen molar-refractivity contribution in [1.29, 1.82) is 0 Å². The summed E-state index contributed by atoms with van der Waals surface area (Å²) in [7, 11) is 2.25. The third-order valence-electron chi connectivity index (χ3n) is 9.07. The normalized spacial score (nSPS) is 23.1. The molecule has 4 nitrogen and oxygen atoms in total. The first-order valence-electron chi connectivity index (χ1n) is 13.6. The lowest BCUT2D eigenvalue weighted by Crippen LogP contribution is -2.64. The number of anilines is 1. The van der Waals surface area contributed by atoms with E-state index in [2.05, 4.69) is 57.4 Å². The topological polar surface area (TPSA) is 21.8 Å². The number of piperidine rings is 1. The van der Waals surface area contributed by atoms with Gasteiger partial charge in [0.1, 0.15) is 5.82 Å². The average Bonchev–Trinajstić information content (AvgIpc) is 3.28. The summed E-state index contributed by atoms with van der Waals surface area (Å²) in [6.45, 7) is 8.23. The minimum atomic E-state index is -0.154. The number of fused-ring (bicyclic) bond motifs is 1. The van der Waals surface area contributed by atoms with Crippen LogP contribution in [-0.2, 0) is 6.42 Å². The molecule has 0 bridgehead atoms. The van der Waals surface area contributed by atoms with Gasteiger partial charge in [-0.3, -0.25) is 4.90 Å². The molecule has 35 heavy (non-hydrogen) atoms. The van der Waals surface area contributed by atoms with Gasteiger partial charge >= 0.3 is 0 Å². The van der Waals surface area contributed by atoms with Gasteiger partial charge in [0.15, 0.2) is 0 Å². The van der Waals surface area contributed by atoms with Crippen molar-refractivity contribution in [2.75, 3.05) is 57.8 Å². The predicted octanol–water partition coefficient (Wildman–Crippen LogP) is 4.65. The summed E-state index contributed by atoms with van der Waals surface area (Å²) in [4.78, 5) is 7.79. The van der Waals surface area contributed by atoms with Gasteiger partial charge < -0.3 is 15.1 Å². The van der Waals surface area contributed by atoms with Gasteiger partial charge in [-0.1, -0.05) is 24.3 Å². The van der Waals surface area contributed by atoms with E-state index in [-0.39, 0.29) is 5.82 Å². The van der Waals surface area contributed by atoms with Gasteiger partial charge in [0.2, 0.25) is 0 Å². The molecule has 3 fully saturated rings. The molecule has 0 amide bonds. The van der Waals surface area contributed by atoms with Crippen molar-refractivity contribution < 1.29 is 4.39 Å². The Morgan fingerprint density at radius 1 is 0.971 bits per heavy atom. The molecule has 1 N–H and O–H groups in total. The average molecular weight is 475 g/mol. The van der Waals surface area contributed by atoms with E-state index in [4.69, 9.17) is 0 Å². The van der Waals surface area contributed by atoms with E-state index < -0.39 is 0 Å². The number of piperazine rings is 1. The Bertz CT molecular complexity index is 1080. The highest BCUT2D eigenvalue weighted by molar-refractivity contribution is 5.89. The molecule has 5 heteroatoms. The molecule has 0 aromatic heterocycles. The zero-order valence-corrected chi connectivity index (χ0v) is 21.1. The highest BCUT2D eigenvalue weighted by Gasteiger charge is 2.43. The van der Waals surface area contributed by atoms with Crippen molar-refractivity contribution in [3.05, 3.63) is 65.0 Å². The van der Waals surface area contributed by atoms with Crippen molar-refractivity contribution in [3.63, 3.8) is 0 Å². The second-order valence-electron chi connectivity index (χ2n) is 11.3. The number of benzene rings is 2. The minimum Gasteiger partial charge on any atom is -0.371 e.